The van der Waals surface area contributed by atoms with Gasteiger partial charge in [-0.05, 0) is 32.9 Å². The molecule has 6 nitrogen and oxygen atoms in total. The summed E-state index contributed by atoms with van der Waals surface area (Å²) >= 11 is 0. The lowest BCUT2D eigenvalue weighted by molar-refractivity contribution is 0.185. The number of carbonyl (C=O) groups excluding carboxylic acids is 1. The van der Waals surface area contributed by atoms with Crippen LogP contribution in [0, 0.1) is 0 Å². The minimum atomic E-state index is -0.203. The molecule has 3 rings (SSSR count). The fourth-order valence-electron chi connectivity index (χ4n) is 3.10. The van der Waals surface area contributed by atoms with Gasteiger partial charge in [0, 0.05) is 49.5 Å². The minimum absolute atomic E-state index is 0.0250. The van der Waals surface area contributed by atoms with E-state index in [0.29, 0.717) is 0 Å². The third kappa shape index (κ3) is 4.11. The fraction of sp³-hybridized carbons (Fsp3) is 0.600. The third-order valence-corrected chi connectivity index (χ3v) is 4.62. The molecule has 0 bridgehead atoms. The molecule has 1 saturated heterocycles. The number of nitrogens with zero attached hydrogens (tertiary/aromatic N) is 4. The Morgan fingerprint density at radius 3 is 2.23 bits per heavy atom. The topological polar surface area (TPSA) is 52.9 Å². The number of urea groups is 1. The van der Waals surface area contributed by atoms with Gasteiger partial charge in [0.25, 0.3) is 0 Å². The van der Waals surface area contributed by atoms with Crippen molar-refractivity contribution in [2.24, 2.45) is 0 Å². The van der Waals surface area contributed by atoms with Crippen LogP contribution in [0.2, 0.25) is 0 Å². The number of aromatic nitrogens is 2. The van der Waals surface area contributed by atoms with Crippen molar-refractivity contribution < 1.29 is 4.79 Å². The average molecular weight is 358 g/mol. The summed E-state index contributed by atoms with van der Waals surface area (Å²) in [6.45, 7) is 15.7. The van der Waals surface area contributed by atoms with Gasteiger partial charge in [-0.1, -0.05) is 20.8 Å². The number of piperazine rings is 1. The van der Waals surface area contributed by atoms with Gasteiger partial charge >= 0.3 is 6.03 Å². The summed E-state index contributed by atoms with van der Waals surface area (Å²) in [5.74, 6) is 0. The Bertz CT molecular complexity index is 789. The first-order valence-electron chi connectivity index (χ1n) is 9.34. The standard InChI is InChI=1S/C20H31N5O/c1-19(2,3)16-14-25-13-15(7-8-17(25)21-16)23-9-11-24(12-10-23)18(26)22-20(4,5)6/h7-8,13-14H,9-12H2,1-6H3,(H,22,26). The number of hydrogen-bond acceptors (Lipinski definition) is 3. The number of imidazole rings is 1. The summed E-state index contributed by atoms with van der Waals surface area (Å²) in [7, 11) is 0. The number of rotatable bonds is 1. The van der Waals surface area contributed by atoms with Crippen LogP contribution in [0.5, 0.6) is 0 Å². The van der Waals surface area contributed by atoms with E-state index in [2.05, 4.69) is 59.9 Å². The molecule has 1 aliphatic heterocycles. The van der Waals surface area contributed by atoms with Gasteiger partial charge in [-0.15, -0.1) is 0 Å². The summed E-state index contributed by atoms with van der Waals surface area (Å²) in [5.41, 5.74) is 3.08. The predicted molar refractivity (Wildman–Crippen MR) is 106 cm³/mol. The van der Waals surface area contributed by atoms with Crippen molar-refractivity contribution in [3.05, 3.63) is 30.2 Å². The molecular formula is C20H31N5O. The Kier molecular flexibility index (Phi) is 4.63. The van der Waals surface area contributed by atoms with E-state index in [1.165, 1.54) is 5.69 Å². The van der Waals surface area contributed by atoms with E-state index in [-0.39, 0.29) is 17.0 Å². The Hall–Kier alpha value is -2.24. The second kappa shape index (κ2) is 6.49. The highest BCUT2D eigenvalue weighted by molar-refractivity contribution is 5.75. The zero-order chi connectivity index (χ0) is 19.1. The molecule has 3 heterocycles. The molecule has 1 fully saturated rings. The number of anilines is 1. The molecule has 26 heavy (non-hydrogen) atoms. The summed E-state index contributed by atoms with van der Waals surface area (Å²) in [6, 6.07) is 4.22. The summed E-state index contributed by atoms with van der Waals surface area (Å²) in [4.78, 5) is 21.3. The first-order chi connectivity index (χ1) is 12.0. The largest absolute Gasteiger partial charge is 0.367 e. The Morgan fingerprint density at radius 2 is 1.65 bits per heavy atom. The second-order valence-corrected chi connectivity index (χ2v) is 9.18. The maximum Gasteiger partial charge on any atom is 0.317 e. The summed E-state index contributed by atoms with van der Waals surface area (Å²) < 4.78 is 2.11. The van der Waals surface area contributed by atoms with Crippen LogP contribution in [0.25, 0.3) is 5.65 Å². The van der Waals surface area contributed by atoms with Crippen molar-refractivity contribution in [2.45, 2.75) is 52.5 Å². The molecule has 2 amide bonds. The van der Waals surface area contributed by atoms with Crippen molar-refractivity contribution in [2.75, 3.05) is 31.1 Å². The number of carbonyl (C=O) groups is 1. The number of amides is 2. The van der Waals surface area contributed by atoms with E-state index < -0.39 is 0 Å². The Balaban J connectivity index is 1.68. The van der Waals surface area contributed by atoms with Crippen LogP contribution in [0.1, 0.15) is 47.2 Å². The lowest BCUT2D eigenvalue weighted by Crippen LogP contribution is -2.55. The van der Waals surface area contributed by atoms with Gasteiger partial charge in [-0.25, -0.2) is 9.78 Å². The van der Waals surface area contributed by atoms with Crippen molar-refractivity contribution in [3.63, 3.8) is 0 Å². The number of hydrogen-bond donors (Lipinski definition) is 1. The minimum Gasteiger partial charge on any atom is -0.367 e. The summed E-state index contributed by atoms with van der Waals surface area (Å²) in [6.07, 6.45) is 4.26. The second-order valence-electron chi connectivity index (χ2n) is 9.18. The van der Waals surface area contributed by atoms with Gasteiger partial charge < -0.3 is 19.5 Å². The SMILES string of the molecule is CC(C)(C)NC(=O)N1CCN(c2ccc3nc(C(C)(C)C)cn3c2)CC1. The molecule has 0 unspecified atom stereocenters. The Morgan fingerprint density at radius 1 is 1.00 bits per heavy atom. The molecule has 6 heteroatoms. The van der Waals surface area contributed by atoms with Gasteiger partial charge in [-0.2, -0.15) is 0 Å². The highest BCUT2D eigenvalue weighted by Crippen LogP contribution is 2.24. The molecule has 142 valence electrons. The lowest BCUT2D eigenvalue weighted by atomic mass is 9.93. The molecule has 0 aromatic carbocycles. The zero-order valence-electron chi connectivity index (χ0n) is 16.8. The van der Waals surface area contributed by atoms with Crippen LogP contribution in [-0.4, -0.2) is 52.0 Å². The van der Waals surface area contributed by atoms with E-state index in [1.54, 1.807) is 0 Å². The highest BCUT2D eigenvalue weighted by Gasteiger charge is 2.24. The van der Waals surface area contributed by atoms with Gasteiger partial charge in [0.1, 0.15) is 5.65 Å². The smallest absolute Gasteiger partial charge is 0.317 e. The summed E-state index contributed by atoms with van der Waals surface area (Å²) in [5, 5.41) is 3.04. The quantitative estimate of drug-likeness (QED) is 0.852. The number of nitrogens with one attached hydrogen (secondary N) is 1. The number of pyridine rings is 1. The van der Waals surface area contributed by atoms with E-state index in [4.69, 9.17) is 4.98 Å². The molecule has 1 N–H and O–H groups in total. The lowest BCUT2D eigenvalue weighted by Gasteiger charge is -2.37. The molecule has 0 radical (unpaired) electrons. The zero-order valence-corrected chi connectivity index (χ0v) is 16.8. The van der Waals surface area contributed by atoms with Crippen molar-refractivity contribution in [1.82, 2.24) is 19.6 Å². The monoisotopic (exact) mass is 357 g/mol. The molecule has 0 saturated carbocycles. The van der Waals surface area contributed by atoms with Crippen molar-refractivity contribution in [1.29, 1.82) is 0 Å². The molecule has 0 spiro atoms. The van der Waals surface area contributed by atoms with Crippen LogP contribution >= 0.6 is 0 Å². The Labute approximate surface area is 156 Å². The predicted octanol–water partition coefficient (Wildman–Crippen LogP) is 3.26. The van der Waals surface area contributed by atoms with Crippen LogP contribution in [0.4, 0.5) is 10.5 Å². The van der Waals surface area contributed by atoms with E-state index in [0.717, 1.165) is 37.5 Å². The van der Waals surface area contributed by atoms with Crippen LogP contribution in [0.3, 0.4) is 0 Å². The van der Waals surface area contributed by atoms with Crippen LogP contribution < -0.4 is 10.2 Å². The first-order valence-corrected chi connectivity index (χ1v) is 9.34. The van der Waals surface area contributed by atoms with E-state index in [1.807, 2.05) is 25.7 Å². The third-order valence-electron chi connectivity index (χ3n) is 4.62. The molecule has 0 atom stereocenters. The van der Waals surface area contributed by atoms with Gasteiger partial charge in [0.15, 0.2) is 0 Å². The van der Waals surface area contributed by atoms with Crippen molar-refractivity contribution in [3.8, 4) is 0 Å². The van der Waals surface area contributed by atoms with Crippen molar-refractivity contribution >= 4 is 17.4 Å². The fourth-order valence-corrected chi connectivity index (χ4v) is 3.10. The average Bonchev–Trinajstić information content (AvgIpc) is 2.97. The van der Waals surface area contributed by atoms with Crippen LogP contribution in [-0.2, 0) is 5.41 Å². The molecule has 2 aromatic rings. The van der Waals surface area contributed by atoms with E-state index >= 15 is 0 Å². The van der Waals surface area contributed by atoms with Gasteiger partial charge in [0.2, 0.25) is 0 Å². The molecule has 2 aromatic heterocycles. The van der Waals surface area contributed by atoms with Crippen LogP contribution in [0.15, 0.2) is 24.5 Å². The van der Waals surface area contributed by atoms with Gasteiger partial charge in [-0.3, -0.25) is 0 Å². The first kappa shape index (κ1) is 18.5. The maximum atomic E-state index is 12.3. The maximum absolute atomic E-state index is 12.3. The number of fused-ring (bicyclic) bond motifs is 1. The molecular weight excluding hydrogens is 326 g/mol. The van der Waals surface area contributed by atoms with E-state index in [9.17, 15) is 4.79 Å². The molecule has 0 aliphatic carbocycles. The highest BCUT2D eigenvalue weighted by atomic mass is 16.2. The molecule has 1 aliphatic rings. The normalized spacial score (nSPS) is 16.2. The van der Waals surface area contributed by atoms with Gasteiger partial charge in [0.05, 0.1) is 11.4 Å².